The summed E-state index contributed by atoms with van der Waals surface area (Å²) in [4.78, 5) is 43.3. The molecule has 2 aromatic heterocycles. The Bertz CT molecular complexity index is 926. The van der Waals surface area contributed by atoms with Crippen LogP contribution in [0.25, 0.3) is 10.2 Å². The fourth-order valence-corrected chi connectivity index (χ4v) is 4.91. The molecule has 1 fully saturated rings. The highest BCUT2D eigenvalue weighted by atomic mass is 35.5. The Labute approximate surface area is 172 Å². The summed E-state index contributed by atoms with van der Waals surface area (Å²) < 4.78 is 0. The average Bonchev–Trinajstić information content (AvgIpc) is 3.22. The van der Waals surface area contributed by atoms with Gasteiger partial charge in [-0.3, -0.25) is 9.59 Å². The van der Waals surface area contributed by atoms with E-state index in [9.17, 15) is 14.4 Å². The van der Waals surface area contributed by atoms with Gasteiger partial charge < -0.3 is 20.7 Å². The van der Waals surface area contributed by atoms with Crippen LogP contribution in [0.15, 0.2) is 4.79 Å². The van der Waals surface area contributed by atoms with Gasteiger partial charge in [-0.1, -0.05) is 0 Å². The van der Waals surface area contributed by atoms with Crippen molar-refractivity contribution in [3.05, 3.63) is 26.6 Å². The molecule has 2 aromatic rings. The molecule has 1 atom stereocenters. The summed E-state index contributed by atoms with van der Waals surface area (Å²) in [5.74, 6) is -0.763. The second-order valence-electron chi connectivity index (χ2n) is 6.97. The Balaban J connectivity index is 0.000000208. The van der Waals surface area contributed by atoms with Gasteiger partial charge >= 0.3 is 5.97 Å². The molecule has 154 valence electrons. The minimum absolute atomic E-state index is 0. The minimum atomic E-state index is -1.20. The van der Waals surface area contributed by atoms with Gasteiger partial charge in [0.25, 0.3) is 5.56 Å². The van der Waals surface area contributed by atoms with Crippen molar-refractivity contribution in [2.45, 2.75) is 39.0 Å². The number of aromatic nitrogens is 2. The number of carboxylic acid groups (broad SMARTS) is 1. The number of H-pyrrole nitrogens is 1. The Morgan fingerprint density at radius 1 is 1.36 bits per heavy atom. The van der Waals surface area contributed by atoms with E-state index in [1.165, 1.54) is 22.6 Å². The molecule has 2 aliphatic rings. The lowest BCUT2D eigenvalue weighted by atomic mass is 9.98. The van der Waals surface area contributed by atoms with Gasteiger partial charge in [0.15, 0.2) is 0 Å². The van der Waals surface area contributed by atoms with Gasteiger partial charge in [0.05, 0.1) is 5.39 Å². The summed E-state index contributed by atoms with van der Waals surface area (Å²) in [6.45, 7) is 4.13. The largest absolute Gasteiger partial charge is 0.475 e. The van der Waals surface area contributed by atoms with Crippen molar-refractivity contribution < 1.29 is 14.7 Å². The molecule has 0 aromatic carbocycles. The zero-order valence-electron chi connectivity index (χ0n) is 15.7. The Morgan fingerprint density at radius 3 is 2.75 bits per heavy atom. The number of aryl methyl sites for hydroxylation is 2. The standard InChI is InChI=1S/C10H8N2O3S.C8H16N2O.ClH/c13-8-6-4-2-1-3-5(4)16-9(6)12-7(11-8)10(14)15;1-7(11)10-4-2-3-8(5-9)6-10;/h1-3H2,(H,14,15)(H,11,12,13);8H,2-6,9H2,1H3;1H. The van der Waals surface area contributed by atoms with Crippen molar-refractivity contribution in [3.63, 3.8) is 0 Å². The van der Waals surface area contributed by atoms with Gasteiger partial charge in [-0.15, -0.1) is 23.7 Å². The third kappa shape index (κ3) is 4.71. The molecular formula is C18H25ClN4O4S. The fraction of sp³-hybridized carbons (Fsp3) is 0.556. The molecule has 1 amide bonds. The van der Waals surface area contributed by atoms with Crippen molar-refractivity contribution in [2.75, 3.05) is 19.6 Å². The first kappa shape index (κ1) is 22.3. The lowest BCUT2D eigenvalue weighted by Gasteiger charge is -2.31. The molecule has 3 heterocycles. The summed E-state index contributed by atoms with van der Waals surface area (Å²) >= 11 is 1.44. The highest BCUT2D eigenvalue weighted by Crippen LogP contribution is 2.34. The second kappa shape index (κ2) is 9.49. The van der Waals surface area contributed by atoms with Crippen LogP contribution in [0.5, 0.6) is 0 Å². The molecule has 28 heavy (non-hydrogen) atoms. The van der Waals surface area contributed by atoms with E-state index in [1.54, 1.807) is 6.92 Å². The first-order chi connectivity index (χ1) is 12.9. The summed E-state index contributed by atoms with van der Waals surface area (Å²) in [6.07, 6.45) is 5.23. The number of carbonyl (C=O) groups is 2. The highest BCUT2D eigenvalue weighted by molar-refractivity contribution is 7.18. The monoisotopic (exact) mass is 428 g/mol. The molecular weight excluding hydrogens is 404 g/mol. The predicted molar refractivity (Wildman–Crippen MR) is 111 cm³/mol. The van der Waals surface area contributed by atoms with Gasteiger partial charge in [0, 0.05) is 24.9 Å². The highest BCUT2D eigenvalue weighted by Gasteiger charge is 2.22. The molecule has 0 bridgehead atoms. The maximum absolute atomic E-state index is 11.8. The van der Waals surface area contributed by atoms with E-state index >= 15 is 0 Å². The number of likely N-dealkylation sites (tertiary alicyclic amines) is 1. The van der Waals surface area contributed by atoms with Crippen LogP contribution < -0.4 is 11.3 Å². The number of piperidine rings is 1. The first-order valence-corrected chi connectivity index (χ1v) is 9.95. The van der Waals surface area contributed by atoms with Gasteiger partial charge in [-0.2, -0.15) is 0 Å². The molecule has 0 saturated carbocycles. The summed E-state index contributed by atoms with van der Waals surface area (Å²) in [7, 11) is 0. The number of nitrogens with zero attached hydrogens (tertiary/aromatic N) is 2. The topological polar surface area (TPSA) is 129 Å². The average molecular weight is 429 g/mol. The van der Waals surface area contributed by atoms with Crippen molar-refractivity contribution in [1.82, 2.24) is 14.9 Å². The van der Waals surface area contributed by atoms with Crippen LogP contribution in [0.3, 0.4) is 0 Å². The molecule has 1 saturated heterocycles. The van der Waals surface area contributed by atoms with E-state index in [0.29, 0.717) is 22.7 Å². The van der Waals surface area contributed by atoms with Gasteiger partial charge in [0.1, 0.15) is 4.83 Å². The Morgan fingerprint density at radius 2 is 2.11 bits per heavy atom. The third-order valence-electron chi connectivity index (χ3n) is 5.08. The quantitative estimate of drug-likeness (QED) is 0.668. The SMILES string of the molecule is CC(=O)N1CCCC(CN)C1.Cl.O=C(O)c1nc2sc3c(c2c(=O)[nH]1)CCC3. The van der Waals surface area contributed by atoms with Crippen LogP contribution in [0, 0.1) is 5.92 Å². The number of nitrogens with one attached hydrogen (secondary N) is 1. The molecule has 8 nitrogen and oxygen atoms in total. The summed E-state index contributed by atoms with van der Waals surface area (Å²) in [6, 6.07) is 0. The normalized spacial score (nSPS) is 18.1. The van der Waals surface area contributed by atoms with E-state index in [1.807, 2.05) is 4.90 Å². The number of hydrogen-bond donors (Lipinski definition) is 3. The maximum Gasteiger partial charge on any atom is 0.372 e. The molecule has 1 aliphatic heterocycles. The van der Waals surface area contributed by atoms with Crippen molar-refractivity contribution in [3.8, 4) is 0 Å². The zero-order valence-corrected chi connectivity index (χ0v) is 17.3. The number of nitrogens with two attached hydrogens (primary N) is 1. The Hall–Kier alpha value is -1.97. The smallest absolute Gasteiger partial charge is 0.372 e. The van der Waals surface area contributed by atoms with E-state index in [4.69, 9.17) is 10.8 Å². The zero-order chi connectivity index (χ0) is 19.6. The van der Waals surface area contributed by atoms with Crippen LogP contribution in [0.1, 0.15) is 47.2 Å². The molecule has 0 radical (unpaired) electrons. The summed E-state index contributed by atoms with van der Waals surface area (Å²) in [5.41, 5.74) is 6.26. The van der Waals surface area contributed by atoms with Gasteiger partial charge in [-0.25, -0.2) is 9.78 Å². The van der Waals surface area contributed by atoms with Crippen LogP contribution >= 0.6 is 23.7 Å². The first-order valence-electron chi connectivity index (χ1n) is 9.14. The lowest BCUT2D eigenvalue weighted by molar-refractivity contribution is -0.130. The number of aromatic carboxylic acids is 1. The molecule has 4 N–H and O–H groups in total. The molecule has 10 heteroatoms. The lowest BCUT2D eigenvalue weighted by Crippen LogP contribution is -2.40. The van der Waals surface area contributed by atoms with Crippen LogP contribution in [0.2, 0.25) is 0 Å². The van der Waals surface area contributed by atoms with Crippen molar-refractivity contribution >= 4 is 45.8 Å². The molecule has 4 rings (SSSR count). The number of fused-ring (bicyclic) bond motifs is 3. The Kier molecular flexibility index (Phi) is 7.56. The van der Waals surface area contributed by atoms with E-state index in [-0.39, 0.29) is 29.7 Å². The minimum Gasteiger partial charge on any atom is -0.475 e. The summed E-state index contributed by atoms with van der Waals surface area (Å²) in [5, 5.41) is 9.37. The van der Waals surface area contributed by atoms with Gasteiger partial charge in [0.2, 0.25) is 11.7 Å². The van der Waals surface area contributed by atoms with Crippen molar-refractivity contribution in [2.24, 2.45) is 11.7 Å². The third-order valence-corrected chi connectivity index (χ3v) is 6.26. The maximum atomic E-state index is 11.8. The van der Waals surface area contributed by atoms with Crippen LogP contribution in [-0.4, -0.2) is 51.5 Å². The van der Waals surface area contributed by atoms with E-state index in [2.05, 4.69) is 9.97 Å². The molecule has 0 spiro atoms. The van der Waals surface area contributed by atoms with Crippen molar-refractivity contribution in [1.29, 1.82) is 0 Å². The second-order valence-corrected chi connectivity index (χ2v) is 8.05. The number of rotatable bonds is 2. The molecule has 1 aliphatic carbocycles. The number of amides is 1. The number of aromatic amines is 1. The van der Waals surface area contributed by atoms with Crippen LogP contribution in [0.4, 0.5) is 0 Å². The van der Waals surface area contributed by atoms with Crippen LogP contribution in [-0.2, 0) is 17.6 Å². The number of carbonyl (C=O) groups excluding carboxylic acids is 1. The number of hydrogen-bond acceptors (Lipinski definition) is 6. The fourth-order valence-electron chi connectivity index (χ4n) is 3.65. The van der Waals surface area contributed by atoms with E-state index < -0.39 is 5.97 Å². The molecule has 1 unspecified atom stereocenters. The number of thiophene rings is 1. The number of carboxylic acids is 1. The van der Waals surface area contributed by atoms with E-state index in [0.717, 1.165) is 44.3 Å². The predicted octanol–water partition coefficient (Wildman–Crippen LogP) is 1.80. The van der Waals surface area contributed by atoms with Gasteiger partial charge in [-0.05, 0) is 50.1 Å². The number of halogens is 1.